The number of carbonyl (C=O) groups is 2. The third-order valence-electron chi connectivity index (χ3n) is 4.06. The molecule has 2 amide bonds. The summed E-state index contributed by atoms with van der Waals surface area (Å²) in [6, 6.07) is -1.51. The van der Waals surface area contributed by atoms with Gasteiger partial charge in [0.05, 0.1) is 0 Å². The van der Waals surface area contributed by atoms with E-state index in [1.807, 2.05) is 0 Å². The minimum Gasteiger partial charge on any atom is -0.480 e. The average Bonchev–Trinajstić information content (AvgIpc) is 2.85. The lowest BCUT2D eigenvalue weighted by atomic mass is 9.83. The van der Waals surface area contributed by atoms with Gasteiger partial charge in [-0.1, -0.05) is 19.8 Å². The Balaban J connectivity index is 2.39. The van der Waals surface area contributed by atoms with E-state index in [-0.39, 0.29) is 18.4 Å². The van der Waals surface area contributed by atoms with Crippen LogP contribution in [-0.4, -0.2) is 41.4 Å². The zero-order valence-corrected chi connectivity index (χ0v) is 11.4. The van der Waals surface area contributed by atoms with Crippen molar-refractivity contribution in [3.05, 3.63) is 0 Å². The van der Waals surface area contributed by atoms with E-state index in [0.717, 1.165) is 19.3 Å². The van der Waals surface area contributed by atoms with E-state index >= 15 is 0 Å². The zero-order valence-electron chi connectivity index (χ0n) is 11.4. The molecule has 0 radical (unpaired) electrons. The number of rotatable bonds is 7. The van der Waals surface area contributed by atoms with Crippen LogP contribution < -0.4 is 10.6 Å². The van der Waals surface area contributed by atoms with E-state index in [4.69, 9.17) is 10.2 Å². The van der Waals surface area contributed by atoms with Crippen LogP contribution in [0.1, 0.15) is 45.4 Å². The van der Waals surface area contributed by atoms with Gasteiger partial charge in [-0.25, -0.2) is 9.59 Å². The molecule has 1 aliphatic rings. The van der Waals surface area contributed by atoms with Gasteiger partial charge in [0.15, 0.2) is 0 Å². The van der Waals surface area contributed by atoms with Gasteiger partial charge < -0.3 is 20.8 Å². The molecule has 0 spiro atoms. The van der Waals surface area contributed by atoms with Crippen molar-refractivity contribution >= 4 is 12.0 Å². The average molecular weight is 272 g/mol. The molecular formula is C13H24N2O4. The van der Waals surface area contributed by atoms with Crippen LogP contribution in [-0.2, 0) is 4.79 Å². The maximum Gasteiger partial charge on any atom is 0.326 e. The van der Waals surface area contributed by atoms with Gasteiger partial charge in [-0.2, -0.15) is 0 Å². The van der Waals surface area contributed by atoms with Crippen LogP contribution in [0.2, 0.25) is 0 Å². The second-order valence-corrected chi connectivity index (χ2v) is 5.29. The van der Waals surface area contributed by atoms with Crippen LogP contribution in [0.3, 0.4) is 0 Å². The van der Waals surface area contributed by atoms with E-state index in [0.29, 0.717) is 6.54 Å². The van der Waals surface area contributed by atoms with Crippen LogP contribution in [0.15, 0.2) is 0 Å². The van der Waals surface area contributed by atoms with E-state index in [2.05, 4.69) is 17.6 Å². The van der Waals surface area contributed by atoms with Crippen molar-refractivity contribution in [3.63, 3.8) is 0 Å². The number of amides is 2. The second kappa shape index (κ2) is 7.33. The van der Waals surface area contributed by atoms with E-state index < -0.39 is 18.0 Å². The molecule has 0 saturated heterocycles. The Morgan fingerprint density at radius 3 is 2.42 bits per heavy atom. The maximum atomic E-state index is 11.7. The summed E-state index contributed by atoms with van der Waals surface area (Å²) in [6.07, 6.45) is 5.65. The predicted molar refractivity (Wildman–Crippen MR) is 70.9 cm³/mol. The fourth-order valence-electron chi connectivity index (χ4n) is 2.64. The van der Waals surface area contributed by atoms with Crippen LogP contribution in [0.4, 0.5) is 4.79 Å². The summed E-state index contributed by atoms with van der Waals surface area (Å²) < 4.78 is 0. The summed E-state index contributed by atoms with van der Waals surface area (Å²) in [5.41, 5.74) is 0.174. The van der Waals surface area contributed by atoms with Gasteiger partial charge in [0.1, 0.15) is 6.04 Å². The standard InChI is InChI=1S/C13H24N2O4/c1-2-13(6-3-4-7-13)9-14-12(19)15-10(5-8-16)11(17)18/h10,16H,2-9H2,1H3,(H,17,18)(H2,14,15,19). The molecule has 0 aromatic rings. The van der Waals surface area contributed by atoms with Crippen molar-refractivity contribution in [2.75, 3.05) is 13.2 Å². The van der Waals surface area contributed by atoms with Gasteiger partial charge in [-0.15, -0.1) is 0 Å². The second-order valence-electron chi connectivity index (χ2n) is 5.29. The Bertz CT molecular complexity index is 314. The summed E-state index contributed by atoms with van der Waals surface area (Å²) in [5.74, 6) is -1.13. The third-order valence-corrected chi connectivity index (χ3v) is 4.06. The van der Waals surface area contributed by atoms with Gasteiger partial charge in [-0.05, 0) is 24.7 Å². The zero-order chi connectivity index (χ0) is 14.3. The summed E-state index contributed by atoms with van der Waals surface area (Å²) >= 11 is 0. The highest BCUT2D eigenvalue weighted by Gasteiger charge is 2.32. The largest absolute Gasteiger partial charge is 0.480 e. The van der Waals surface area contributed by atoms with Crippen molar-refractivity contribution in [3.8, 4) is 0 Å². The lowest BCUT2D eigenvalue weighted by Gasteiger charge is -2.28. The first-order valence-corrected chi connectivity index (χ1v) is 6.91. The fourth-order valence-corrected chi connectivity index (χ4v) is 2.64. The Morgan fingerprint density at radius 2 is 1.95 bits per heavy atom. The fraction of sp³-hybridized carbons (Fsp3) is 0.846. The smallest absolute Gasteiger partial charge is 0.326 e. The number of hydrogen-bond acceptors (Lipinski definition) is 3. The molecule has 110 valence electrons. The molecule has 0 aliphatic heterocycles. The molecule has 1 saturated carbocycles. The minimum absolute atomic E-state index is 0.0155. The molecule has 1 atom stereocenters. The number of carbonyl (C=O) groups excluding carboxylic acids is 1. The molecule has 4 N–H and O–H groups in total. The monoisotopic (exact) mass is 272 g/mol. The van der Waals surface area contributed by atoms with Crippen molar-refractivity contribution in [2.45, 2.75) is 51.5 Å². The third kappa shape index (κ3) is 4.70. The van der Waals surface area contributed by atoms with Crippen molar-refractivity contribution in [2.24, 2.45) is 5.41 Å². The molecule has 0 bridgehead atoms. The molecule has 6 nitrogen and oxygen atoms in total. The lowest BCUT2D eigenvalue weighted by Crippen LogP contribution is -2.48. The number of hydrogen-bond donors (Lipinski definition) is 4. The molecule has 1 fully saturated rings. The quantitative estimate of drug-likeness (QED) is 0.557. The predicted octanol–water partition coefficient (Wildman–Crippen LogP) is 1.09. The lowest BCUT2D eigenvalue weighted by molar-refractivity contribution is -0.139. The molecule has 1 unspecified atom stereocenters. The molecular weight excluding hydrogens is 248 g/mol. The van der Waals surface area contributed by atoms with E-state index in [1.54, 1.807) is 0 Å². The van der Waals surface area contributed by atoms with E-state index in [9.17, 15) is 9.59 Å². The van der Waals surface area contributed by atoms with Crippen LogP contribution in [0.25, 0.3) is 0 Å². The van der Waals surface area contributed by atoms with Crippen molar-refractivity contribution in [1.82, 2.24) is 10.6 Å². The number of urea groups is 1. The molecule has 6 heteroatoms. The van der Waals surface area contributed by atoms with Crippen molar-refractivity contribution < 1.29 is 19.8 Å². The highest BCUT2D eigenvalue weighted by molar-refractivity contribution is 5.82. The van der Waals surface area contributed by atoms with Crippen LogP contribution >= 0.6 is 0 Å². The number of aliphatic hydroxyl groups excluding tert-OH is 1. The molecule has 1 rings (SSSR count). The Labute approximate surface area is 113 Å². The first kappa shape index (κ1) is 15.8. The van der Waals surface area contributed by atoms with Gasteiger partial charge >= 0.3 is 12.0 Å². The SMILES string of the molecule is CCC1(CNC(=O)NC(CCO)C(=O)O)CCCC1. The Kier molecular flexibility index (Phi) is 6.08. The molecule has 0 aromatic heterocycles. The first-order valence-electron chi connectivity index (χ1n) is 6.91. The summed E-state index contributed by atoms with van der Waals surface area (Å²) in [4.78, 5) is 22.5. The Hall–Kier alpha value is -1.30. The Morgan fingerprint density at radius 1 is 1.32 bits per heavy atom. The highest BCUT2D eigenvalue weighted by Crippen LogP contribution is 2.40. The van der Waals surface area contributed by atoms with Gasteiger partial charge in [0, 0.05) is 19.6 Å². The minimum atomic E-state index is -1.13. The topological polar surface area (TPSA) is 98.7 Å². The first-order chi connectivity index (χ1) is 9.03. The van der Waals surface area contributed by atoms with E-state index in [1.165, 1.54) is 12.8 Å². The summed E-state index contributed by atoms with van der Waals surface area (Å²) in [7, 11) is 0. The van der Waals surface area contributed by atoms with Gasteiger partial charge in [-0.3, -0.25) is 0 Å². The number of aliphatic carboxylic acids is 1. The maximum absolute atomic E-state index is 11.7. The number of nitrogens with one attached hydrogen (secondary N) is 2. The molecule has 0 aromatic carbocycles. The van der Waals surface area contributed by atoms with Gasteiger partial charge in [0.25, 0.3) is 0 Å². The number of aliphatic hydroxyl groups is 1. The molecule has 1 aliphatic carbocycles. The highest BCUT2D eigenvalue weighted by atomic mass is 16.4. The van der Waals surface area contributed by atoms with Gasteiger partial charge in [0.2, 0.25) is 0 Å². The van der Waals surface area contributed by atoms with Crippen molar-refractivity contribution in [1.29, 1.82) is 0 Å². The number of carboxylic acids is 1. The van der Waals surface area contributed by atoms with Crippen LogP contribution in [0, 0.1) is 5.41 Å². The summed E-state index contributed by atoms with van der Waals surface area (Å²) in [5, 5.41) is 22.8. The molecule has 0 heterocycles. The van der Waals surface area contributed by atoms with Crippen LogP contribution in [0.5, 0.6) is 0 Å². The molecule has 19 heavy (non-hydrogen) atoms. The number of carboxylic acid groups (broad SMARTS) is 1. The summed E-state index contributed by atoms with van der Waals surface area (Å²) in [6.45, 7) is 2.44. The normalized spacial score (nSPS) is 18.8.